The maximum Gasteiger partial charge on any atom is 0.337 e. The molecule has 0 aliphatic carbocycles. The molecule has 1 rings (SSSR count). The summed E-state index contributed by atoms with van der Waals surface area (Å²) in [5, 5.41) is 11.7. The van der Waals surface area contributed by atoms with Crippen LogP contribution in [0.3, 0.4) is 0 Å². The molecule has 0 aliphatic heterocycles. The average molecular weight is 271 g/mol. The van der Waals surface area contributed by atoms with Gasteiger partial charge in [-0.05, 0) is 18.6 Å². The van der Waals surface area contributed by atoms with Crippen molar-refractivity contribution in [3.63, 3.8) is 0 Å². The lowest BCUT2D eigenvalue weighted by Crippen LogP contribution is -2.12. The number of carbonyl (C=O) groups is 1. The zero-order valence-corrected chi connectivity index (χ0v) is 10.8. The van der Waals surface area contributed by atoms with E-state index in [4.69, 9.17) is 14.6 Å². The van der Waals surface area contributed by atoms with Crippen molar-refractivity contribution in [3.8, 4) is 0 Å². The highest BCUT2D eigenvalue weighted by Gasteiger charge is 2.13. The first-order valence-electron chi connectivity index (χ1n) is 5.99. The number of anilines is 1. The molecule has 2 N–H and O–H groups in total. The Morgan fingerprint density at radius 3 is 2.84 bits per heavy atom. The third kappa shape index (κ3) is 5.23. The van der Waals surface area contributed by atoms with Gasteiger partial charge in [0.05, 0.1) is 24.5 Å². The SMILES string of the molecule is COCCOCCCNc1c(F)cccc1C(=O)O. The minimum Gasteiger partial charge on any atom is -0.478 e. The largest absolute Gasteiger partial charge is 0.478 e. The van der Waals surface area contributed by atoms with Crippen LogP contribution in [0.25, 0.3) is 0 Å². The minimum absolute atomic E-state index is 0.0203. The molecule has 0 radical (unpaired) electrons. The molecule has 0 aromatic heterocycles. The Morgan fingerprint density at radius 2 is 2.16 bits per heavy atom. The minimum atomic E-state index is -1.15. The lowest BCUT2D eigenvalue weighted by atomic mass is 10.1. The molecule has 0 bridgehead atoms. The van der Waals surface area contributed by atoms with E-state index in [-0.39, 0.29) is 11.3 Å². The summed E-state index contributed by atoms with van der Waals surface area (Å²) in [5.74, 6) is -1.72. The number of hydrogen-bond donors (Lipinski definition) is 2. The molecule has 0 unspecified atom stereocenters. The molecule has 1 aromatic rings. The molecule has 6 heteroatoms. The van der Waals surface area contributed by atoms with Crippen LogP contribution in [0.5, 0.6) is 0 Å². The molecular weight excluding hydrogens is 253 g/mol. The summed E-state index contributed by atoms with van der Waals surface area (Å²) in [6.45, 7) is 1.99. The van der Waals surface area contributed by atoms with Crippen molar-refractivity contribution in [3.05, 3.63) is 29.6 Å². The van der Waals surface area contributed by atoms with Crippen LogP contribution >= 0.6 is 0 Å². The van der Waals surface area contributed by atoms with Crippen molar-refractivity contribution < 1.29 is 23.8 Å². The standard InChI is InChI=1S/C13H18FNO4/c1-18-8-9-19-7-3-6-15-12-10(13(16)17)4-2-5-11(12)14/h2,4-5,15H,3,6-9H2,1H3,(H,16,17). The lowest BCUT2D eigenvalue weighted by Gasteiger charge is -2.10. The van der Waals surface area contributed by atoms with Crippen LogP contribution in [-0.4, -0.2) is 44.6 Å². The number of benzene rings is 1. The molecule has 1 aromatic carbocycles. The number of ether oxygens (including phenoxy) is 2. The van der Waals surface area contributed by atoms with E-state index in [0.29, 0.717) is 32.8 Å². The molecule has 0 spiro atoms. The Hall–Kier alpha value is -1.66. The van der Waals surface area contributed by atoms with Crippen molar-refractivity contribution in [2.75, 3.05) is 38.8 Å². The molecule has 0 aliphatic rings. The Kier molecular flexibility index (Phi) is 6.84. The highest BCUT2D eigenvalue weighted by molar-refractivity contribution is 5.94. The van der Waals surface area contributed by atoms with Gasteiger partial charge in [0.2, 0.25) is 0 Å². The number of methoxy groups -OCH3 is 1. The number of rotatable bonds is 9. The van der Waals surface area contributed by atoms with E-state index >= 15 is 0 Å². The number of carboxylic acids is 1. The van der Waals surface area contributed by atoms with Gasteiger partial charge in [0, 0.05) is 20.3 Å². The Morgan fingerprint density at radius 1 is 1.37 bits per heavy atom. The molecule has 0 saturated carbocycles. The van der Waals surface area contributed by atoms with Gasteiger partial charge in [-0.25, -0.2) is 9.18 Å². The fourth-order valence-corrected chi connectivity index (χ4v) is 1.51. The lowest BCUT2D eigenvalue weighted by molar-refractivity contribution is 0.0696. The summed E-state index contributed by atoms with van der Waals surface area (Å²) in [4.78, 5) is 10.9. The smallest absolute Gasteiger partial charge is 0.337 e. The molecular formula is C13H18FNO4. The summed E-state index contributed by atoms with van der Waals surface area (Å²) in [6, 6.07) is 3.96. The van der Waals surface area contributed by atoms with Crippen LogP contribution < -0.4 is 5.32 Å². The molecule has 0 saturated heterocycles. The van der Waals surface area contributed by atoms with Crippen LogP contribution in [0, 0.1) is 5.82 Å². The van der Waals surface area contributed by atoms with Crippen LogP contribution in [0.2, 0.25) is 0 Å². The Bertz CT molecular complexity index is 412. The molecule has 0 amide bonds. The third-order valence-corrected chi connectivity index (χ3v) is 2.44. The van der Waals surface area contributed by atoms with E-state index in [2.05, 4.69) is 5.32 Å². The summed E-state index contributed by atoms with van der Waals surface area (Å²) in [5.41, 5.74) is -0.0489. The summed E-state index contributed by atoms with van der Waals surface area (Å²) < 4.78 is 23.6. The quantitative estimate of drug-likeness (QED) is 0.672. The van der Waals surface area contributed by atoms with Gasteiger partial charge >= 0.3 is 5.97 Å². The van der Waals surface area contributed by atoms with Gasteiger partial charge in [-0.3, -0.25) is 0 Å². The van der Waals surface area contributed by atoms with Crippen LogP contribution in [-0.2, 0) is 9.47 Å². The first-order chi connectivity index (χ1) is 9.16. The van der Waals surface area contributed by atoms with Crippen LogP contribution in [0.1, 0.15) is 16.8 Å². The normalized spacial score (nSPS) is 10.4. The van der Waals surface area contributed by atoms with E-state index < -0.39 is 11.8 Å². The van der Waals surface area contributed by atoms with Crippen molar-refractivity contribution >= 4 is 11.7 Å². The van der Waals surface area contributed by atoms with Crippen molar-refractivity contribution in [1.29, 1.82) is 0 Å². The van der Waals surface area contributed by atoms with Gasteiger partial charge in [-0.1, -0.05) is 6.07 Å². The topological polar surface area (TPSA) is 67.8 Å². The molecule has 0 heterocycles. The molecule has 5 nitrogen and oxygen atoms in total. The predicted octanol–water partition coefficient (Wildman–Crippen LogP) is 1.99. The number of hydrogen-bond acceptors (Lipinski definition) is 4. The maximum atomic E-state index is 13.5. The first-order valence-corrected chi connectivity index (χ1v) is 5.99. The second kappa shape index (κ2) is 8.44. The van der Waals surface area contributed by atoms with Gasteiger partial charge in [0.25, 0.3) is 0 Å². The first kappa shape index (κ1) is 15.4. The second-order valence-corrected chi connectivity index (χ2v) is 3.85. The summed E-state index contributed by atoms with van der Waals surface area (Å²) in [7, 11) is 1.59. The number of halogens is 1. The van der Waals surface area contributed by atoms with Gasteiger partial charge in [-0.2, -0.15) is 0 Å². The van der Waals surface area contributed by atoms with E-state index in [1.165, 1.54) is 18.2 Å². The Balaban J connectivity index is 2.38. The fourth-order valence-electron chi connectivity index (χ4n) is 1.51. The third-order valence-electron chi connectivity index (χ3n) is 2.44. The van der Waals surface area contributed by atoms with Crippen LogP contribution in [0.15, 0.2) is 18.2 Å². The van der Waals surface area contributed by atoms with E-state index in [0.717, 1.165) is 0 Å². The van der Waals surface area contributed by atoms with Gasteiger partial charge < -0.3 is 19.9 Å². The maximum absolute atomic E-state index is 13.5. The second-order valence-electron chi connectivity index (χ2n) is 3.85. The van der Waals surface area contributed by atoms with Gasteiger partial charge in [0.15, 0.2) is 0 Å². The van der Waals surface area contributed by atoms with Gasteiger partial charge in [-0.15, -0.1) is 0 Å². The van der Waals surface area contributed by atoms with E-state index in [9.17, 15) is 9.18 Å². The van der Waals surface area contributed by atoms with Crippen molar-refractivity contribution in [2.24, 2.45) is 0 Å². The Labute approximate surface area is 111 Å². The predicted molar refractivity (Wildman–Crippen MR) is 69.2 cm³/mol. The number of aromatic carboxylic acids is 1. The molecule has 0 fully saturated rings. The number of para-hydroxylation sites is 1. The highest BCUT2D eigenvalue weighted by atomic mass is 19.1. The summed E-state index contributed by atoms with van der Waals surface area (Å²) >= 11 is 0. The van der Waals surface area contributed by atoms with Crippen molar-refractivity contribution in [2.45, 2.75) is 6.42 Å². The van der Waals surface area contributed by atoms with E-state index in [1.807, 2.05) is 0 Å². The number of nitrogens with one attached hydrogen (secondary N) is 1. The molecule has 0 atom stereocenters. The molecule has 19 heavy (non-hydrogen) atoms. The molecule has 106 valence electrons. The average Bonchev–Trinajstić information content (AvgIpc) is 2.39. The monoisotopic (exact) mass is 271 g/mol. The van der Waals surface area contributed by atoms with Gasteiger partial charge in [0.1, 0.15) is 5.82 Å². The van der Waals surface area contributed by atoms with Crippen molar-refractivity contribution in [1.82, 2.24) is 0 Å². The van der Waals surface area contributed by atoms with Crippen LogP contribution in [0.4, 0.5) is 10.1 Å². The highest BCUT2D eigenvalue weighted by Crippen LogP contribution is 2.19. The fraction of sp³-hybridized carbons (Fsp3) is 0.462. The zero-order chi connectivity index (χ0) is 14.1. The number of carboxylic acid groups (broad SMARTS) is 1. The zero-order valence-electron chi connectivity index (χ0n) is 10.8. The van der Waals surface area contributed by atoms with E-state index in [1.54, 1.807) is 7.11 Å². The summed E-state index contributed by atoms with van der Waals surface area (Å²) in [6.07, 6.45) is 0.650.